The minimum absolute atomic E-state index is 0.514. The maximum absolute atomic E-state index is 5.89. The van der Waals surface area contributed by atoms with E-state index in [4.69, 9.17) is 29.0 Å². The van der Waals surface area contributed by atoms with Crippen LogP contribution in [0.5, 0.6) is 0 Å². The van der Waals surface area contributed by atoms with Crippen LogP contribution in [0.25, 0.3) is 11.4 Å². The van der Waals surface area contributed by atoms with Crippen LogP contribution >= 0.6 is 23.2 Å². The molecule has 4 nitrogen and oxygen atoms in total. The second kappa shape index (κ2) is 4.65. The molecule has 2 aromatic rings. The fourth-order valence-electron chi connectivity index (χ4n) is 1.26. The van der Waals surface area contributed by atoms with Crippen molar-refractivity contribution in [3.05, 3.63) is 40.5 Å². The van der Waals surface area contributed by atoms with Gasteiger partial charge in [0.1, 0.15) is 5.82 Å². The molecule has 3 N–H and O–H groups in total. The van der Waals surface area contributed by atoms with Crippen LogP contribution in [0.4, 0.5) is 5.82 Å². The molecule has 0 atom stereocenters. The van der Waals surface area contributed by atoms with Crippen molar-refractivity contribution in [2.24, 2.45) is 5.84 Å². The van der Waals surface area contributed by atoms with Crippen molar-refractivity contribution in [3.63, 3.8) is 0 Å². The molecule has 2 rings (SSSR count). The Morgan fingerprint density at radius 1 is 1.12 bits per heavy atom. The molecule has 0 saturated heterocycles. The van der Waals surface area contributed by atoms with Gasteiger partial charge in [0.15, 0.2) is 5.82 Å². The van der Waals surface area contributed by atoms with Gasteiger partial charge in [0.2, 0.25) is 0 Å². The molecule has 1 heterocycles. The van der Waals surface area contributed by atoms with Gasteiger partial charge in [-0.1, -0.05) is 23.2 Å². The van der Waals surface area contributed by atoms with Gasteiger partial charge in [-0.2, -0.15) is 0 Å². The number of nitrogens with zero attached hydrogens (tertiary/aromatic N) is 2. The van der Waals surface area contributed by atoms with Crippen molar-refractivity contribution in [1.29, 1.82) is 0 Å². The van der Waals surface area contributed by atoms with Crippen molar-refractivity contribution in [1.82, 2.24) is 9.97 Å². The zero-order valence-electron chi connectivity index (χ0n) is 8.11. The largest absolute Gasteiger partial charge is 0.308 e. The molecular weight excluding hydrogens is 247 g/mol. The van der Waals surface area contributed by atoms with Gasteiger partial charge in [-0.25, -0.2) is 15.8 Å². The van der Waals surface area contributed by atoms with Crippen LogP contribution in [-0.4, -0.2) is 9.97 Å². The number of benzene rings is 1. The van der Waals surface area contributed by atoms with Crippen LogP contribution in [0, 0.1) is 0 Å². The van der Waals surface area contributed by atoms with E-state index in [1.807, 2.05) is 0 Å². The summed E-state index contributed by atoms with van der Waals surface area (Å²) in [6.07, 6.45) is 1.60. The standard InChI is InChI=1S/C10H8Cl2N4/c11-7-3-6(4-8(12)5-7)10-14-2-1-9(15-10)16-13/h1-5H,13H2,(H,14,15,16). The van der Waals surface area contributed by atoms with E-state index in [1.54, 1.807) is 30.5 Å². The molecule has 0 spiro atoms. The van der Waals surface area contributed by atoms with Crippen molar-refractivity contribution in [2.45, 2.75) is 0 Å². The van der Waals surface area contributed by atoms with Gasteiger partial charge in [0.05, 0.1) is 0 Å². The van der Waals surface area contributed by atoms with Crippen molar-refractivity contribution < 1.29 is 0 Å². The zero-order valence-corrected chi connectivity index (χ0v) is 9.63. The third-order valence-electron chi connectivity index (χ3n) is 1.92. The molecule has 0 bridgehead atoms. The summed E-state index contributed by atoms with van der Waals surface area (Å²) in [7, 11) is 0. The van der Waals surface area contributed by atoms with Crippen LogP contribution in [-0.2, 0) is 0 Å². The Balaban J connectivity index is 2.49. The number of anilines is 1. The Kier molecular flexibility index (Phi) is 3.24. The summed E-state index contributed by atoms with van der Waals surface area (Å²) < 4.78 is 0. The maximum atomic E-state index is 5.89. The third-order valence-corrected chi connectivity index (χ3v) is 2.36. The van der Waals surface area contributed by atoms with Gasteiger partial charge in [0.25, 0.3) is 0 Å². The quantitative estimate of drug-likeness (QED) is 0.639. The predicted molar refractivity (Wildman–Crippen MR) is 65.3 cm³/mol. The number of aromatic nitrogens is 2. The number of nitrogens with two attached hydrogens (primary N) is 1. The minimum Gasteiger partial charge on any atom is -0.308 e. The van der Waals surface area contributed by atoms with Crippen LogP contribution in [0.15, 0.2) is 30.5 Å². The van der Waals surface area contributed by atoms with Gasteiger partial charge in [0, 0.05) is 27.9 Å². The fourth-order valence-corrected chi connectivity index (χ4v) is 1.79. The first-order chi connectivity index (χ1) is 7.69. The lowest BCUT2D eigenvalue weighted by molar-refractivity contribution is 1.15. The molecule has 6 heteroatoms. The summed E-state index contributed by atoms with van der Waals surface area (Å²) in [4.78, 5) is 8.30. The molecule has 0 aliphatic rings. The first-order valence-electron chi connectivity index (χ1n) is 4.45. The van der Waals surface area contributed by atoms with E-state index >= 15 is 0 Å². The number of halogens is 2. The molecule has 0 amide bonds. The van der Waals surface area contributed by atoms with Crippen LogP contribution < -0.4 is 11.3 Å². The molecule has 82 valence electrons. The minimum atomic E-state index is 0.514. The summed E-state index contributed by atoms with van der Waals surface area (Å²) >= 11 is 11.8. The SMILES string of the molecule is NNc1ccnc(-c2cc(Cl)cc(Cl)c2)n1. The summed E-state index contributed by atoms with van der Waals surface area (Å²) in [5.41, 5.74) is 3.19. The molecule has 0 fully saturated rings. The third kappa shape index (κ3) is 2.41. The Bertz CT molecular complexity index is 496. The Morgan fingerprint density at radius 3 is 2.44 bits per heavy atom. The van der Waals surface area contributed by atoms with E-state index in [9.17, 15) is 0 Å². The van der Waals surface area contributed by atoms with Crippen LogP contribution in [0.1, 0.15) is 0 Å². The highest BCUT2D eigenvalue weighted by Gasteiger charge is 2.04. The van der Waals surface area contributed by atoms with Crippen molar-refractivity contribution in [3.8, 4) is 11.4 Å². The predicted octanol–water partition coefficient (Wildman–Crippen LogP) is 2.74. The Hall–Kier alpha value is -1.36. The van der Waals surface area contributed by atoms with Gasteiger partial charge < -0.3 is 5.43 Å². The van der Waals surface area contributed by atoms with Crippen molar-refractivity contribution in [2.75, 3.05) is 5.43 Å². The smallest absolute Gasteiger partial charge is 0.161 e. The molecule has 0 unspecified atom stereocenters. The van der Waals surface area contributed by atoms with Gasteiger partial charge in [-0.15, -0.1) is 0 Å². The molecule has 0 saturated carbocycles. The number of hydrogen-bond donors (Lipinski definition) is 2. The summed E-state index contributed by atoms with van der Waals surface area (Å²) in [6, 6.07) is 6.79. The molecule has 16 heavy (non-hydrogen) atoms. The number of nitrogens with one attached hydrogen (secondary N) is 1. The average Bonchev–Trinajstić information content (AvgIpc) is 2.28. The fraction of sp³-hybridized carbons (Fsp3) is 0. The molecular formula is C10H8Cl2N4. The van der Waals surface area contributed by atoms with E-state index in [0.29, 0.717) is 21.7 Å². The highest BCUT2D eigenvalue weighted by molar-refractivity contribution is 6.35. The lowest BCUT2D eigenvalue weighted by Crippen LogP contribution is -2.09. The molecule has 0 radical (unpaired) electrons. The second-order valence-electron chi connectivity index (χ2n) is 3.07. The van der Waals surface area contributed by atoms with Gasteiger partial charge >= 0.3 is 0 Å². The van der Waals surface area contributed by atoms with E-state index in [2.05, 4.69) is 15.4 Å². The number of hydrogen-bond acceptors (Lipinski definition) is 4. The van der Waals surface area contributed by atoms with E-state index in [0.717, 1.165) is 5.56 Å². The highest BCUT2D eigenvalue weighted by Crippen LogP contribution is 2.25. The number of nitrogen functional groups attached to an aromatic ring is 1. The number of rotatable bonds is 2. The lowest BCUT2D eigenvalue weighted by atomic mass is 10.2. The molecule has 1 aromatic heterocycles. The molecule has 0 aliphatic carbocycles. The topological polar surface area (TPSA) is 63.8 Å². The molecule has 0 aliphatic heterocycles. The van der Waals surface area contributed by atoms with Crippen LogP contribution in [0.2, 0.25) is 10.0 Å². The maximum Gasteiger partial charge on any atom is 0.161 e. The first-order valence-corrected chi connectivity index (χ1v) is 5.21. The summed E-state index contributed by atoms with van der Waals surface area (Å²) in [5.74, 6) is 6.31. The zero-order chi connectivity index (χ0) is 11.5. The van der Waals surface area contributed by atoms with E-state index in [1.165, 1.54) is 0 Å². The summed E-state index contributed by atoms with van der Waals surface area (Å²) in [6.45, 7) is 0. The van der Waals surface area contributed by atoms with Crippen LogP contribution in [0.3, 0.4) is 0 Å². The highest BCUT2D eigenvalue weighted by atomic mass is 35.5. The van der Waals surface area contributed by atoms with Gasteiger partial charge in [-0.05, 0) is 18.2 Å². The number of hydrazine groups is 1. The lowest BCUT2D eigenvalue weighted by Gasteiger charge is -2.04. The summed E-state index contributed by atoms with van der Waals surface area (Å²) in [5, 5.41) is 1.08. The first kappa shape index (κ1) is 11.1. The Labute approximate surface area is 102 Å². The van der Waals surface area contributed by atoms with Crippen molar-refractivity contribution >= 4 is 29.0 Å². The van der Waals surface area contributed by atoms with E-state index in [-0.39, 0.29) is 0 Å². The Morgan fingerprint density at radius 2 is 1.81 bits per heavy atom. The van der Waals surface area contributed by atoms with Gasteiger partial charge in [-0.3, -0.25) is 0 Å². The second-order valence-corrected chi connectivity index (χ2v) is 3.94. The van der Waals surface area contributed by atoms with E-state index < -0.39 is 0 Å². The molecule has 1 aromatic carbocycles. The normalized spacial score (nSPS) is 10.2. The average molecular weight is 255 g/mol. The monoisotopic (exact) mass is 254 g/mol.